The molecule has 0 aliphatic rings. The number of carbonyl (C=O) groups is 2. The van der Waals surface area contributed by atoms with Gasteiger partial charge in [0.15, 0.2) is 0 Å². The molecule has 0 heterocycles. The number of para-hydroxylation sites is 2. The summed E-state index contributed by atoms with van der Waals surface area (Å²) in [5.41, 5.74) is 1.48. The smallest absolute Gasteiger partial charge is 0.246 e. The lowest BCUT2D eigenvalue weighted by Crippen LogP contribution is -2.41. The molecule has 0 aromatic heterocycles. The van der Waals surface area contributed by atoms with Gasteiger partial charge < -0.3 is 9.80 Å². The zero-order chi connectivity index (χ0) is 16.1. The van der Waals surface area contributed by atoms with E-state index in [1.54, 1.807) is 18.0 Å². The minimum Gasteiger partial charge on any atom is -0.314 e. The summed E-state index contributed by atoms with van der Waals surface area (Å²) in [6.07, 6.45) is 0. The highest BCUT2D eigenvalue weighted by Crippen LogP contribution is 2.26. The number of hydrogen-bond acceptors (Lipinski definition) is 2. The van der Waals surface area contributed by atoms with E-state index >= 15 is 0 Å². The first-order valence-electron chi connectivity index (χ1n) is 6.85. The summed E-state index contributed by atoms with van der Waals surface area (Å²) >= 11 is 3.42. The average Bonchev–Trinajstić information content (AvgIpc) is 2.53. The molecule has 2 amide bonds. The lowest BCUT2D eigenvalue weighted by molar-refractivity contribution is -0.121. The van der Waals surface area contributed by atoms with E-state index in [4.69, 9.17) is 0 Å². The third-order valence-corrected chi connectivity index (χ3v) is 4.00. The fourth-order valence-corrected chi connectivity index (χ4v) is 2.57. The van der Waals surface area contributed by atoms with E-state index in [-0.39, 0.29) is 18.4 Å². The number of amides is 2. The fourth-order valence-electron chi connectivity index (χ4n) is 2.07. The van der Waals surface area contributed by atoms with Crippen LogP contribution in [0.5, 0.6) is 0 Å². The van der Waals surface area contributed by atoms with E-state index in [0.717, 1.165) is 10.2 Å². The Kier molecular flexibility index (Phi) is 5.33. The van der Waals surface area contributed by atoms with Gasteiger partial charge in [0.1, 0.15) is 6.54 Å². The van der Waals surface area contributed by atoms with Crippen LogP contribution in [-0.2, 0) is 9.59 Å². The summed E-state index contributed by atoms with van der Waals surface area (Å²) in [7, 11) is 1.70. The minimum absolute atomic E-state index is 0.0106. The third kappa shape index (κ3) is 3.74. The number of benzene rings is 2. The Hall–Kier alpha value is -2.14. The predicted octanol–water partition coefficient (Wildman–Crippen LogP) is 3.47. The van der Waals surface area contributed by atoms with Gasteiger partial charge in [-0.1, -0.05) is 30.3 Å². The van der Waals surface area contributed by atoms with Crippen molar-refractivity contribution < 1.29 is 9.59 Å². The Bertz CT molecular complexity index is 673. The van der Waals surface area contributed by atoms with Crippen LogP contribution in [0.15, 0.2) is 59.1 Å². The molecule has 5 heteroatoms. The van der Waals surface area contributed by atoms with Gasteiger partial charge >= 0.3 is 0 Å². The van der Waals surface area contributed by atoms with Gasteiger partial charge in [-0.15, -0.1) is 0 Å². The molecule has 4 nitrogen and oxygen atoms in total. The largest absolute Gasteiger partial charge is 0.314 e. The Labute approximate surface area is 138 Å². The molecule has 22 heavy (non-hydrogen) atoms. The molecule has 0 saturated carbocycles. The molecule has 2 aromatic rings. The van der Waals surface area contributed by atoms with Crippen LogP contribution >= 0.6 is 15.9 Å². The van der Waals surface area contributed by atoms with Gasteiger partial charge in [0, 0.05) is 24.1 Å². The standard InChI is InChI=1S/C17H17BrN2O2/c1-13(21)20(16-11-7-6-10-15(16)18)12-17(22)19(2)14-8-4-3-5-9-14/h3-11H,12H2,1-2H3. The molecular formula is C17H17BrN2O2. The number of carbonyl (C=O) groups excluding carboxylic acids is 2. The topological polar surface area (TPSA) is 40.6 Å². The average molecular weight is 361 g/mol. The van der Waals surface area contributed by atoms with Gasteiger partial charge in [-0.05, 0) is 40.2 Å². The monoisotopic (exact) mass is 360 g/mol. The Morgan fingerprint density at radius 2 is 1.59 bits per heavy atom. The summed E-state index contributed by atoms with van der Waals surface area (Å²) in [6.45, 7) is 1.44. The maximum Gasteiger partial charge on any atom is 0.246 e. The number of hydrogen-bond donors (Lipinski definition) is 0. The molecule has 0 radical (unpaired) electrons. The van der Waals surface area contributed by atoms with Crippen molar-refractivity contribution in [2.75, 3.05) is 23.4 Å². The van der Waals surface area contributed by atoms with Crippen LogP contribution in [0.4, 0.5) is 11.4 Å². The van der Waals surface area contributed by atoms with Crippen LogP contribution in [0.2, 0.25) is 0 Å². The number of anilines is 2. The highest BCUT2D eigenvalue weighted by atomic mass is 79.9. The molecular weight excluding hydrogens is 344 g/mol. The van der Waals surface area contributed by atoms with Crippen LogP contribution in [-0.4, -0.2) is 25.4 Å². The second-order valence-electron chi connectivity index (χ2n) is 4.84. The summed E-state index contributed by atoms with van der Waals surface area (Å²) in [4.78, 5) is 27.4. The van der Waals surface area contributed by atoms with Crippen molar-refractivity contribution >= 4 is 39.1 Å². The van der Waals surface area contributed by atoms with Crippen LogP contribution in [0.1, 0.15) is 6.92 Å². The zero-order valence-corrected chi connectivity index (χ0v) is 14.1. The first-order valence-corrected chi connectivity index (χ1v) is 7.64. The second kappa shape index (κ2) is 7.22. The van der Waals surface area contributed by atoms with E-state index in [0.29, 0.717) is 5.69 Å². The van der Waals surface area contributed by atoms with E-state index in [2.05, 4.69) is 15.9 Å². The van der Waals surface area contributed by atoms with Crippen molar-refractivity contribution in [3.63, 3.8) is 0 Å². The molecule has 114 valence electrons. The van der Waals surface area contributed by atoms with Gasteiger partial charge in [0.25, 0.3) is 0 Å². The van der Waals surface area contributed by atoms with Gasteiger partial charge in [-0.3, -0.25) is 9.59 Å². The lowest BCUT2D eigenvalue weighted by Gasteiger charge is -2.25. The number of halogens is 1. The molecule has 0 spiro atoms. The third-order valence-electron chi connectivity index (χ3n) is 3.33. The highest BCUT2D eigenvalue weighted by Gasteiger charge is 2.20. The first kappa shape index (κ1) is 16.2. The maximum absolute atomic E-state index is 12.5. The van der Waals surface area contributed by atoms with Crippen LogP contribution in [0, 0.1) is 0 Å². The minimum atomic E-state index is -0.179. The second-order valence-corrected chi connectivity index (χ2v) is 5.70. The molecule has 0 saturated heterocycles. The van der Waals surface area contributed by atoms with Crippen LogP contribution < -0.4 is 9.80 Å². The quantitative estimate of drug-likeness (QED) is 0.837. The number of likely N-dealkylation sites (N-methyl/N-ethyl adjacent to an activating group) is 1. The molecule has 0 bridgehead atoms. The van der Waals surface area contributed by atoms with Gasteiger partial charge in [0.2, 0.25) is 11.8 Å². The van der Waals surface area contributed by atoms with Gasteiger partial charge in [-0.2, -0.15) is 0 Å². The van der Waals surface area contributed by atoms with Crippen molar-refractivity contribution in [3.8, 4) is 0 Å². The first-order chi connectivity index (χ1) is 10.5. The molecule has 0 aliphatic carbocycles. The summed E-state index contributed by atoms with van der Waals surface area (Å²) < 4.78 is 0.778. The predicted molar refractivity (Wildman–Crippen MR) is 92.0 cm³/mol. The fraction of sp³-hybridized carbons (Fsp3) is 0.176. The van der Waals surface area contributed by atoms with Crippen LogP contribution in [0.25, 0.3) is 0 Å². The van der Waals surface area contributed by atoms with Crippen molar-refractivity contribution in [1.82, 2.24) is 0 Å². The Balaban J connectivity index is 2.20. The normalized spacial score (nSPS) is 10.1. The maximum atomic E-state index is 12.5. The van der Waals surface area contributed by atoms with E-state index in [1.165, 1.54) is 11.8 Å². The molecule has 2 rings (SSSR count). The summed E-state index contributed by atoms with van der Waals surface area (Å²) in [5.74, 6) is -0.334. The van der Waals surface area contributed by atoms with Crippen molar-refractivity contribution in [2.24, 2.45) is 0 Å². The molecule has 0 unspecified atom stereocenters. The molecule has 0 fully saturated rings. The summed E-state index contributed by atoms with van der Waals surface area (Å²) in [5, 5.41) is 0. The zero-order valence-electron chi connectivity index (χ0n) is 12.5. The van der Waals surface area contributed by atoms with Gasteiger partial charge in [0.05, 0.1) is 5.69 Å². The van der Waals surface area contributed by atoms with Crippen molar-refractivity contribution in [1.29, 1.82) is 0 Å². The SMILES string of the molecule is CC(=O)N(CC(=O)N(C)c1ccccc1)c1ccccc1Br. The van der Waals surface area contributed by atoms with Crippen molar-refractivity contribution in [2.45, 2.75) is 6.92 Å². The number of nitrogens with zero attached hydrogens (tertiary/aromatic N) is 2. The number of rotatable bonds is 4. The van der Waals surface area contributed by atoms with Gasteiger partial charge in [-0.25, -0.2) is 0 Å². The molecule has 0 atom stereocenters. The van der Waals surface area contributed by atoms with Crippen molar-refractivity contribution in [3.05, 3.63) is 59.1 Å². The van der Waals surface area contributed by atoms with Crippen LogP contribution in [0.3, 0.4) is 0 Å². The van der Waals surface area contributed by atoms with E-state index < -0.39 is 0 Å². The Morgan fingerprint density at radius 3 is 2.18 bits per heavy atom. The molecule has 0 aliphatic heterocycles. The molecule has 2 aromatic carbocycles. The Morgan fingerprint density at radius 1 is 1.00 bits per heavy atom. The molecule has 0 N–H and O–H groups in total. The van der Waals surface area contributed by atoms with E-state index in [1.807, 2.05) is 48.5 Å². The highest BCUT2D eigenvalue weighted by molar-refractivity contribution is 9.10. The lowest BCUT2D eigenvalue weighted by atomic mass is 10.2. The van der Waals surface area contributed by atoms with E-state index in [9.17, 15) is 9.59 Å². The summed E-state index contributed by atoms with van der Waals surface area (Å²) in [6, 6.07) is 16.7.